The van der Waals surface area contributed by atoms with Crippen LogP contribution in [0, 0.1) is 5.92 Å². The summed E-state index contributed by atoms with van der Waals surface area (Å²) in [6, 6.07) is 21.3. The number of hydrogen-bond donors (Lipinski definition) is 1. The van der Waals surface area contributed by atoms with Crippen molar-refractivity contribution in [3.8, 4) is 0 Å². The summed E-state index contributed by atoms with van der Waals surface area (Å²) in [4.78, 5) is 27.5. The second kappa shape index (κ2) is 8.66. The van der Waals surface area contributed by atoms with Crippen LogP contribution in [-0.2, 0) is 16.0 Å². The van der Waals surface area contributed by atoms with E-state index in [0.717, 1.165) is 29.2 Å². The molecule has 4 nitrogen and oxygen atoms in total. The van der Waals surface area contributed by atoms with Crippen LogP contribution in [0.4, 0.5) is 5.69 Å². The highest BCUT2D eigenvalue weighted by Crippen LogP contribution is 2.23. The molecule has 5 heteroatoms. The summed E-state index contributed by atoms with van der Waals surface area (Å²) in [7, 11) is 0. The standard InChI is InChI=1S/C24H23ClN2O2/c25-20-10-4-11-21(15-20)26-24(29)19-9-5-13-27(16-19)23(28)14-18-8-3-7-17-6-1-2-12-22(17)18/h1-4,6-8,10-12,15,19H,5,9,13-14,16H2,(H,26,29)/t19-/m0/s1. The van der Waals surface area contributed by atoms with Crippen LogP contribution in [-0.4, -0.2) is 29.8 Å². The Kier molecular flexibility index (Phi) is 5.81. The van der Waals surface area contributed by atoms with Crippen molar-refractivity contribution in [2.75, 3.05) is 18.4 Å². The molecule has 29 heavy (non-hydrogen) atoms. The van der Waals surface area contributed by atoms with Crippen molar-refractivity contribution in [1.82, 2.24) is 4.90 Å². The molecule has 1 N–H and O–H groups in total. The quantitative estimate of drug-likeness (QED) is 0.669. The molecule has 4 rings (SSSR count). The zero-order valence-corrected chi connectivity index (χ0v) is 16.9. The molecule has 1 aliphatic rings. The minimum atomic E-state index is -0.209. The topological polar surface area (TPSA) is 49.4 Å². The molecule has 1 atom stereocenters. The Bertz CT molecular complexity index is 1040. The third-order valence-corrected chi connectivity index (χ3v) is 5.69. The van der Waals surface area contributed by atoms with Gasteiger partial charge in [0.15, 0.2) is 0 Å². The van der Waals surface area contributed by atoms with Crippen molar-refractivity contribution in [2.24, 2.45) is 5.92 Å². The van der Waals surface area contributed by atoms with E-state index < -0.39 is 0 Å². The largest absolute Gasteiger partial charge is 0.342 e. The molecule has 0 radical (unpaired) electrons. The van der Waals surface area contributed by atoms with Gasteiger partial charge in [0, 0.05) is 23.8 Å². The molecule has 0 aromatic heterocycles. The van der Waals surface area contributed by atoms with Crippen LogP contribution < -0.4 is 5.32 Å². The number of likely N-dealkylation sites (tertiary alicyclic amines) is 1. The highest BCUT2D eigenvalue weighted by atomic mass is 35.5. The van der Waals surface area contributed by atoms with Crippen LogP contribution in [0.3, 0.4) is 0 Å². The SMILES string of the molecule is O=C(Nc1cccc(Cl)c1)[C@H]1CCCN(C(=O)Cc2cccc3ccccc23)C1. The first kappa shape index (κ1) is 19.5. The molecule has 1 saturated heterocycles. The molecule has 1 aliphatic heterocycles. The Morgan fingerprint density at radius 3 is 2.69 bits per heavy atom. The number of piperidine rings is 1. The molecule has 148 valence electrons. The normalized spacial score (nSPS) is 16.6. The summed E-state index contributed by atoms with van der Waals surface area (Å²) >= 11 is 5.99. The highest BCUT2D eigenvalue weighted by Gasteiger charge is 2.28. The Labute approximate surface area is 175 Å². The maximum absolute atomic E-state index is 13.0. The van der Waals surface area contributed by atoms with E-state index >= 15 is 0 Å². The fraction of sp³-hybridized carbons (Fsp3) is 0.250. The minimum Gasteiger partial charge on any atom is -0.342 e. The second-order valence-electron chi connectivity index (χ2n) is 7.49. The molecule has 0 bridgehead atoms. The lowest BCUT2D eigenvalue weighted by molar-refractivity contribution is -0.133. The van der Waals surface area contributed by atoms with Crippen LogP contribution in [0.5, 0.6) is 0 Å². The van der Waals surface area contributed by atoms with Gasteiger partial charge in [-0.3, -0.25) is 9.59 Å². The van der Waals surface area contributed by atoms with E-state index in [1.807, 2.05) is 35.2 Å². The first-order valence-corrected chi connectivity index (χ1v) is 10.3. The van der Waals surface area contributed by atoms with Crippen molar-refractivity contribution in [2.45, 2.75) is 19.3 Å². The molecule has 0 spiro atoms. The van der Waals surface area contributed by atoms with Crippen LogP contribution >= 0.6 is 11.6 Å². The summed E-state index contributed by atoms with van der Waals surface area (Å²) in [5.41, 5.74) is 1.71. The van der Waals surface area contributed by atoms with Crippen LogP contribution in [0.1, 0.15) is 18.4 Å². The number of carbonyl (C=O) groups is 2. The van der Waals surface area contributed by atoms with Gasteiger partial charge in [0.2, 0.25) is 11.8 Å². The zero-order valence-electron chi connectivity index (χ0n) is 16.1. The third kappa shape index (κ3) is 4.60. The van der Waals surface area contributed by atoms with E-state index in [4.69, 9.17) is 11.6 Å². The lowest BCUT2D eigenvalue weighted by atomic mass is 9.95. The van der Waals surface area contributed by atoms with E-state index in [2.05, 4.69) is 23.5 Å². The van der Waals surface area contributed by atoms with Crippen molar-refractivity contribution in [1.29, 1.82) is 0 Å². The number of benzene rings is 3. The summed E-state index contributed by atoms with van der Waals surface area (Å²) in [5.74, 6) is -0.198. The molecule has 3 aromatic rings. The first-order chi connectivity index (χ1) is 14.1. The number of hydrogen-bond acceptors (Lipinski definition) is 2. The predicted octanol–water partition coefficient (Wildman–Crippen LogP) is 4.91. The maximum atomic E-state index is 13.0. The number of carbonyl (C=O) groups excluding carboxylic acids is 2. The molecule has 1 heterocycles. The molecule has 0 unspecified atom stereocenters. The average Bonchev–Trinajstić information content (AvgIpc) is 2.74. The molecule has 3 aromatic carbocycles. The van der Waals surface area contributed by atoms with Crippen LogP contribution in [0.15, 0.2) is 66.7 Å². The van der Waals surface area contributed by atoms with Gasteiger partial charge in [-0.2, -0.15) is 0 Å². The number of anilines is 1. The van der Waals surface area contributed by atoms with Gasteiger partial charge < -0.3 is 10.2 Å². The van der Waals surface area contributed by atoms with Crippen molar-refractivity contribution >= 4 is 39.9 Å². The van der Waals surface area contributed by atoms with Gasteiger partial charge in [0.25, 0.3) is 0 Å². The summed E-state index contributed by atoms with van der Waals surface area (Å²) in [6.07, 6.45) is 1.96. The van der Waals surface area contributed by atoms with Gasteiger partial charge in [0.05, 0.1) is 12.3 Å². The molecular weight excluding hydrogens is 384 g/mol. The minimum absolute atomic E-state index is 0.0603. The number of rotatable bonds is 4. The zero-order chi connectivity index (χ0) is 20.2. The average molecular weight is 407 g/mol. The Morgan fingerprint density at radius 2 is 1.83 bits per heavy atom. The van der Waals surface area contributed by atoms with Crippen LogP contribution in [0.2, 0.25) is 5.02 Å². The van der Waals surface area contributed by atoms with E-state index in [9.17, 15) is 9.59 Å². The van der Waals surface area contributed by atoms with Crippen molar-refractivity contribution in [3.05, 3.63) is 77.3 Å². The monoisotopic (exact) mass is 406 g/mol. The lowest BCUT2D eigenvalue weighted by Crippen LogP contribution is -2.44. The molecular formula is C24H23ClN2O2. The molecule has 1 fully saturated rings. The van der Waals surface area contributed by atoms with Crippen LogP contribution in [0.25, 0.3) is 10.8 Å². The van der Waals surface area contributed by atoms with Gasteiger partial charge in [0.1, 0.15) is 0 Å². The fourth-order valence-electron chi connectivity index (χ4n) is 3.95. The van der Waals surface area contributed by atoms with Crippen molar-refractivity contribution in [3.63, 3.8) is 0 Å². The first-order valence-electron chi connectivity index (χ1n) is 9.91. The second-order valence-corrected chi connectivity index (χ2v) is 7.93. The fourth-order valence-corrected chi connectivity index (χ4v) is 4.14. The van der Waals surface area contributed by atoms with Crippen molar-refractivity contribution < 1.29 is 9.59 Å². The molecule has 0 aliphatic carbocycles. The van der Waals surface area contributed by atoms with E-state index in [-0.39, 0.29) is 17.7 Å². The van der Waals surface area contributed by atoms with Gasteiger partial charge in [-0.05, 0) is 47.4 Å². The van der Waals surface area contributed by atoms with Gasteiger partial charge in [-0.1, -0.05) is 60.1 Å². The summed E-state index contributed by atoms with van der Waals surface area (Å²) in [5, 5.41) is 5.75. The Morgan fingerprint density at radius 1 is 1.03 bits per heavy atom. The number of halogens is 1. The number of fused-ring (bicyclic) bond motifs is 1. The predicted molar refractivity (Wildman–Crippen MR) is 117 cm³/mol. The van der Waals surface area contributed by atoms with E-state index in [1.165, 1.54) is 0 Å². The lowest BCUT2D eigenvalue weighted by Gasteiger charge is -2.32. The van der Waals surface area contributed by atoms with Gasteiger partial charge in [-0.15, -0.1) is 0 Å². The number of nitrogens with zero attached hydrogens (tertiary/aromatic N) is 1. The van der Waals surface area contributed by atoms with E-state index in [0.29, 0.717) is 30.2 Å². The number of amides is 2. The highest BCUT2D eigenvalue weighted by molar-refractivity contribution is 6.30. The molecule has 2 amide bonds. The Balaban J connectivity index is 1.42. The molecule has 0 saturated carbocycles. The third-order valence-electron chi connectivity index (χ3n) is 5.46. The summed E-state index contributed by atoms with van der Waals surface area (Å²) < 4.78 is 0. The van der Waals surface area contributed by atoms with Gasteiger partial charge >= 0.3 is 0 Å². The van der Waals surface area contributed by atoms with E-state index in [1.54, 1.807) is 18.2 Å². The number of nitrogens with one attached hydrogen (secondary N) is 1. The smallest absolute Gasteiger partial charge is 0.229 e. The Hall–Kier alpha value is -2.85. The summed E-state index contributed by atoms with van der Waals surface area (Å²) in [6.45, 7) is 1.15. The maximum Gasteiger partial charge on any atom is 0.229 e. The van der Waals surface area contributed by atoms with Gasteiger partial charge in [-0.25, -0.2) is 0 Å².